The van der Waals surface area contributed by atoms with Gasteiger partial charge in [0.25, 0.3) is 0 Å². The Kier molecular flexibility index (Phi) is 4.68. The average molecular weight is 254 g/mol. The largest absolute Gasteiger partial charge is 0.377 e. The Balaban J connectivity index is 2.03. The second kappa shape index (κ2) is 5.89. The van der Waals surface area contributed by atoms with E-state index in [9.17, 15) is 0 Å². The third kappa shape index (κ3) is 2.59. The fourth-order valence-electron chi connectivity index (χ4n) is 3.90. The van der Waals surface area contributed by atoms with Gasteiger partial charge in [0, 0.05) is 24.7 Å². The van der Waals surface area contributed by atoms with Gasteiger partial charge in [0.05, 0.1) is 6.10 Å². The number of nitrogens with zero attached hydrogens (tertiary/aromatic N) is 1. The first-order valence-corrected chi connectivity index (χ1v) is 7.67. The normalized spacial score (nSPS) is 41.5. The molecule has 1 heterocycles. The Labute approximate surface area is 112 Å². The lowest BCUT2D eigenvalue weighted by Crippen LogP contribution is -2.58. The molecule has 0 amide bonds. The van der Waals surface area contributed by atoms with Crippen LogP contribution in [-0.2, 0) is 4.74 Å². The molecule has 2 aliphatic rings. The van der Waals surface area contributed by atoms with Crippen molar-refractivity contribution >= 4 is 0 Å². The molecule has 106 valence electrons. The maximum Gasteiger partial charge on any atom is 0.0703 e. The number of ether oxygens (including phenoxy) is 1. The van der Waals surface area contributed by atoms with Gasteiger partial charge in [-0.15, -0.1) is 0 Å². The van der Waals surface area contributed by atoms with E-state index in [-0.39, 0.29) is 5.54 Å². The zero-order chi connectivity index (χ0) is 13.2. The third-order valence-electron chi connectivity index (χ3n) is 5.58. The van der Waals surface area contributed by atoms with E-state index in [1.165, 1.54) is 32.1 Å². The first kappa shape index (κ1) is 14.3. The Bertz CT molecular complexity index is 261. The molecule has 1 aliphatic heterocycles. The van der Waals surface area contributed by atoms with Crippen molar-refractivity contribution in [3.63, 3.8) is 0 Å². The number of hydrogen-bond donors (Lipinski definition) is 1. The average Bonchev–Trinajstić information content (AvgIpc) is 2.84. The molecule has 3 heteroatoms. The van der Waals surface area contributed by atoms with Crippen LogP contribution in [0.25, 0.3) is 0 Å². The summed E-state index contributed by atoms with van der Waals surface area (Å²) in [6.07, 6.45) is 8.08. The van der Waals surface area contributed by atoms with Crippen molar-refractivity contribution in [2.24, 2.45) is 11.7 Å². The van der Waals surface area contributed by atoms with Gasteiger partial charge in [0.15, 0.2) is 0 Å². The first-order valence-electron chi connectivity index (χ1n) is 7.67. The van der Waals surface area contributed by atoms with Crippen molar-refractivity contribution in [2.75, 3.05) is 20.2 Å². The molecule has 0 spiro atoms. The first-order chi connectivity index (χ1) is 8.63. The van der Waals surface area contributed by atoms with Crippen molar-refractivity contribution in [3.05, 3.63) is 0 Å². The van der Waals surface area contributed by atoms with Gasteiger partial charge in [-0.05, 0) is 52.0 Å². The van der Waals surface area contributed by atoms with Crippen LogP contribution in [0.1, 0.15) is 52.4 Å². The summed E-state index contributed by atoms with van der Waals surface area (Å²) in [7, 11) is 2.27. The van der Waals surface area contributed by atoms with Crippen LogP contribution in [0.3, 0.4) is 0 Å². The molecule has 18 heavy (non-hydrogen) atoms. The molecule has 2 fully saturated rings. The standard InChI is InChI=1S/C15H30N2O/c1-4-13-5-8-15(11-16,9-6-13)17(3)14-7-10-18-12(14)2/h12-14H,4-11,16H2,1-3H3. The van der Waals surface area contributed by atoms with E-state index >= 15 is 0 Å². The smallest absolute Gasteiger partial charge is 0.0703 e. The lowest BCUT2D eigenvalue weighted by molar-refractivity contribution is 0.000706. The Morgan fingerprint density at radius 1 is 1.28 bits per heavy atom. The molecule has 3 nitrogen and oxygen atoms in total. The molecule has 0 aromatic heterocycles. The number of likely N-dealkylation sites (N-methyl/N-ethyl adjacent to an activating group) is 1. The zero-order valence-electron chi connectivity index (χ0n) is 12.3. The predicted molar refractivity (Wildman–Crippen MR) is 75.6 cm³/mol. The zero-order valence-corrected chi connectivity index (χ0v) is 12.3. The van der Waals surface area contributed by atoms with Crippen molar-refractivity contribution < 1.29 is 4.74 Å². The van der Waals surface area contributed by atoms with Gasteiger partial charge in [-0.2, -0.15) is 0 Å². The van der Waals surface area contributed by atoms with Crippen molar-refractivity contribution in [1.29, 1.82) is 0 Å². The van der Waals surface area contributed by atoms with Gasteiger partial charge in [-0.25, -0.2) is 0 Å². The van der Waals surface area contributed by atoms with E-state index in [0.717, 1.165) is 25.5 Å². The Morgan fingerprint density at radius 2 is 1.94 bits per heavy atom. The van der Waals surface area contributed by atoms with E-state index in [2.05, 4.69) is 25.8 Å². The highest BCUT2D eigenvalue weighted by atomic mass is 16.5. The molecular weight excluding hydrogens is 224 g/mol. The summed E-state index contributed by atoms with van der Waals surface area (Å²) in [5.74, 6) is 0.926. The molecule has 2 rings (SSSR count). The van der Waals surface area contributed by atoms with Gasteiger partial charge < -0.3 is 10.5 Å². The lowest BCUT2D eigenvalue weighted by Gasteiger charge is -2.49. The van der Waals surface area contributed by atoms with Gasteiger partial charge in [-0.1, -0.05) is 13.3 Å². The maximum atomic E-state index is 6.16. The van der Waals surface area contributed by atoms with Gasteiger partial charge in [0.1, 0.15) is 0 Å². The number of nitrogens with two attached hydrogens (primary N) is 1. The monoisotopic (exact) mass is 254 g/mol. The van der Waals surface area contributed by atoms with Crippen LogP contribution in [0.5, 0.6) is 0 Å². The quantitative estimate of drug-likeness (QED) is 0.837. The molecule has 1 saturated carbocycles. The topological polar surface area (TPSA) is 38.5 Å². The molecular formula is C15H30N2O. The summed E-state index contributed by atoms with van der Waals surface area (Å²) in [6.45, 7) is 6.23. The van der Waals surface area contributed by atoms with E-state index in [0.29, 0.717) is 12.1 Å². The number of rotatable bonds is 4. The molecule has 1 aliphatic carbocycles. The summed E-state index contributed by atoms with van der Waals surface area (Å²) < 4.78 is 5.73. The van der Waals surface area contributed by atoms with Crippen molar-refractivity contribution in [2.45, 2.75) is 70.1 Å². The summed E-state index contributed by atoms with van der Waals surface area (Å²) in [4.78, 5) is 2.57. The highest BCUT2D eigenvalue weighted by Gasteiger charge is 2.42. The summed E-state index contributed by atoms with van der Waals surface area (Å²) in [5, 5.41) is 0. The molecule has 2 N–H and O–H groups in total. The van der Waals surface area contributed by atoms with Crippen molar-refractivity contribution in [3.8, 4) is 0 Å². The van der Waals surface area contributed by atoms with Crippen molar-refractivity contribution in [1.82, 2.24) is 4.90 Å². The third-order valence-corrected chi connectivity index (χ3v) is 5.58. The van der Waals surface area contributed by atoms with Crippen LogP contribution in [0.15, 0.2) is 0 Å². The Hall–Kier alpha value is -0.120. The van der Waals surface area contributed by atoms with Crippen LogP contribution in [0, 0.1) is 5.92 Å². The lowest BCUT2D eigenvalue weighted by atomic mass is 9.74. The summed E-state index contributed by atoms with van der Waals surface area (Å²) in [6, 6.07) is 0.562. The van der Waals surface area contributed by atoms with Crippen LogP contribution in [0.4, 0.5) is 0 Å². The molecule has 2 atom stereocenters. The fourth-order valence-corrected chi connectivity index (χ4v) is 3.90. The maximum absolute atomic E-state index is 6.16. The Morgan fingerprint density at radius 3 is 2.39 bits per heavy atom. The minimum absolute atomic E-state index is 0.234. The van der Waals surface area contributed by atoms with Crippen LogP contribution in [-0.4, -0.2) is 42.8 Å². The molecule has 1 saturated heterocycles. The number of hydrogen-bond acceptors (Lipinski definition) is 3. The van der Waals surface area contributed by atoms with E-state index < -0.39 is 0 Å². The van der Waals surface area contributed by atoms with E-state index in [1.807, 2.05) is 0 Å². The van der Waals surface area contributed by atoms with Gasteiger partial charge in [-0.3, -0.25) is 4.90 Å². The van der Waals surface area contributed by atoms with Gasteiger partial charge in [0.2, 0.25) is 0 Å². The van der Waals surface area contributed by atoms with Crippen LogP contribution >= 0.6 is 0 Å². The molecule has 0 bridgehead atoms. The minimum atomic E-state index is 0.234. The van der Waals surface area contributed by atoms with E-state index in [4.69, 9.17) is 10.5 Å². The molecule has 0 aromatic rings. The molecule has 2 unspecified atom stereocenters. The second-order valence-corrected chi connectivity index (χ2v) is 6.32. The fraction of sp³-hybridized carbons (Fsp3) is 1.00. The van der Waals surface area contributed by atoms with Crippen LogP contribution in [0.2, 0.25) is 0 Å². The predicted octanol–water partition coefficient (Wildman–Crippen LogP) is 2.39. The summed E-state index contributed by atoms with van der Waals surface area (Å²) >= 11 is 0. The van der Waals surface area contributed by atoms with E-state index in [1.54, 1.807) is 0 Å². The summed E-state index contributed by atoms with van der Waals surface area (Å²) in [5.41, 5.74) is 6.39. The minimum Gasteiger partial charge on any atom is -0.377 e. The SMILES string of the molecule is CCC1CCC(CN)(N(C)C2CCOC2C)CC1. The van der Waals surface area contributed by atoms with Crippen LogP contribution < -0.4 is 5.73 Å². The second-order valence-electron chi connectivity index (χ2n) is 6.32. The molecule has 0 radical (unpaired) electrons. The van der Waals surface area contributed by atoms with Gasteiger partial charge >= 0.3 is 0 Å². The highest BCUT2D eigenvalue weighted by molar-refractivity contribution is 4.98. The molecule has 0 aromatic carbocycles. The highest BCUT2D eigenvalue weighted by Crippen LogP contribution is 2.39.